The number of hydrogen-bond acceptors (Lipinski definition) is 7. The van der Waals surface area contributed by atoms with E-state index in [9.17, 15) is 25.9 Å². The summed E-state index contributed by atoms with van der Waals surface area (Å²) in [5.74, 6) is 0.452. The van der Waals surface area contributed by atoms with Crippen LogP contribution < -0.4 is 108 Å². The molecule has 0 N–H and O–H groups in total. The normalized spacial score (nSPS) is 11.4. The van der Waals surface area contributed by atoms with Gasteiger partial charge in [0.15, 0.2) is 0 Å². The Balaban J connectivity index is 0.00000578. The van der Waals surface area contributed by atoms with Crippen molar-refractivity contribution in [3.63, 3.8) is 0 Å². The fraction of sp³-hybridized carbons (Fsp3) is 0.500. The molecule has 0 saturated heterocycles. The zero-order valence-corrected chi connectivity index (χ0v) is 28.9. The smallest absolute Gasteiger partial charge is 0.744 e. The van der Waals surface area contributed by atoms with Crippen LogP contribution in [-0.2, 0) is 26.7 Å². The molecule has 0 aliphatic rings. The largest absolute Gasteiger partial charge is 1.00 e. The van der Waals surface area contributed by atoms with Gasteiger partial charge in [-0.05, 0) is 37.1 Å². The summed E-state index contributed by atoms with van der Waals surface area (Å²) in [7, 11) is -10.4. The van der Waals surface area contributed by atoms with Gasteiger partial charge < -0.3 is 13.8 Å². The Kier molecular flexibility index (Phi) is 19.3. The van der Waals surface area contributed by atoms with Crippen molar-refractivity contribution in [1.82, 2.24) is 0 Å². The molecule has 0 radical (unpaired) electrons. The summed E-state index contributed by atoms with van der Waals surface area (Å²) in [5.41, 5.74) is -0.0645. The van der Waals surface area contributed by atoms with Gasteiger partial charge in [0.1, 0.15) is 31.7 Å². The van der Waals surface area contributed by atoms with Crippen LogP contribution in [0.1, 0.15) is 76.7 Å². The van der Waals surface area contributed by atoms with Crippen LogP contribution in [0.4, 0.5) is 0 Å². The Morgan fingerprint density at radius 2 is 1.20 bits per heavy atom. The van der Waals surface area contributed by atoms with Crippen molar-refractivity contribution in [3.05, 3.63) is 48.0 Å². The van der Waals surface area contributed by atoms with Crippen LogP contribution in [-0.4, -0.2) is 25.9 Å². The number of hydrogen-bond donors (Lipinski definition) is 0. The molecule has 2 aromatic rings. The number of para-hydroxylation sites is 1. The third-order valence-corrected chi connectivity index (χ3v) is 7.43. The summed E-state index contributed by atoms with van der Waals surface area (Å²) >= 11 is 0. The minimum Gasteiger partial charge on any atom is -0.744 e. The van der Waals surface area contributed by atoms with Crippen LogP contribution in [0.2, 0.25) is 0 Å². The first kappa shape index (κ1) is 36.3. The van der Waals surface area contributed by atoms with Crippen LogP contribution in [0.15, 0.2) is 52.3 Å². The first-order chi connectivity index (χ1) is 15.6. The molecule has 2 aromatic carbocycles. The predicted molar refractivity (Wildman–Crippen MR) is 124 cm³/mol. The minimum absolute atomic E-state index is 0. The Morgan fingerprint density at radius 1 is 0.686 bits per heavy atom. The van der Waals surface area contributed by atoms with Gasteiger partial charge in [-0.2, -0.15) is 0 Å². The van der Waals surface area contributed by atoms with E-state index in [-0.39, 0.29) is 121 Å². The molecule has 0 aliphatic heterocycles. The SMILES string of the molecule is CCCCCCCCCCCCc1c(Oc2ccccc2)ccc(S(=O)(=O)[O-])c1S(=O)(=O)[O-].[K+].[K+]. The van der Waals surface area contributed by atoms with Crippen LogP contribution in [0.5, 0.6) is 11.5 Å². The van der Waals surface area contributed by atoms with Gasteiger partial charge in [0.2, 0.25) is 0 Å². The second-order valence-corrected chi connectivity index (χ2v) is 10.8. The van der Waals surface area contributed by atoms with E-state index in [0.717, 1.165) is 31.7 Å². The molecule has 0 aliphatic carbocycles. The van der Waals surface area contributed by atoms with E-state index in [1.807, 2.05) is 0 Å². The van der Waals surface area contributed by atoms with E-state index >= 15 is 0 Å². The summed E-state index contributed by atoms with van der Waals surface area (Å²) in [6, 6.07) is 10.6. The first-order valence-corrected chi connectivity index (χ1v) is 14.3. The van der Waals surface area contributed by atoms with Crippen LogP contribution >= 0.6 is 0 Å². The van der Waals surface area contributed by atoms with E-state index < -0.39 is 30.0 Å². The Bertz CT molecular complexity index is 1090. The molecule has 7 nitrogen and oxygen atoms in total. The van der Waals surface area contributed by atoms with Crippen molar-refractivity contribution < 1.29 is 133 Å². The van der Waals surface area contributed by atoms with E-state index in [1.165, 1.54) is 38.2 Å². The summed E-state index contributed by atoms with van der Waals surface area (Å²) in [4.78, 5) is -2.03. The Morgan fingerprint density at radius 3 is 1.69 bits per heavy atom. The average molecular weight is 575 g/mol. The Labute approximate surface area is 295 Å². The van der Waals surface area contributed by atoms with Crippen molar-refractivity contribution >= 4 is 20.2 Å². The molecule has 0 saturated carbocycles. The molecule has 35 heavy (non-hydrogen) atoms. The molecule has 0 bridgehead atoms. The quantitative estimate of drug-likeness (QED) is 0.163. The number of unbranched alkanes of at least 4 members (excludes halogenated alkanes) is 9. The van der Waals surface area contributed by atoms with Crippen molar-refractivity contribution in [1.29, 1.82) is 0 Å². The van der Waals surface area contributed by atoms with Gasteiger partial charge in [-0.25, -0.2) is 16.8 Å². The zero-order chi connectivity index (χ0) is 24.3. The molecule has 184 valence electrons. The molecule has 2 rings (SSSR count). The van der Waals surface area contributed by atoms with Crippen LogP contribution in [0.3, 0.4) is 0 Å². The van der Waals surface area contributed by atoms with E-state index in [4.69, 9.17) is 4.74 Å². The zero-order valence-electron chi connectivity index (χ0n) is 21.0. The van der Waals surface area contributed by atoms with Crippen molar-refractivity contribution in [3.8, 4) is 11.5 Å². The van der Waals surface area contributed by atoms with Gasteiger partial charge in [0.25, 0.3) is 0 Å². The van der Waals surface area contributed by atoms with Gasteiger partial charge in [0.05, 0.1) is 9.79 Å². The van der Waals surface area contributed by atoms with Gasteiger partial charge in [-0.1, -0.05) is 82.9 Å². The van der Waals surface area contributed by atoms with Crippen molar-refractivity contribution in [2.45, 2.75) is 87.3 Å². The third-order valence-electron chi connectivity index (χ3n) is 5.45. The maximum absolute atomic E-state index is 12.0. The first-order valence-electron chi connectivity index (χ1n) is 11.4. The number of ether oxygens (including phenoxy) is 1. The van der Waals surface area contributed by atoms with Gasteiger partial charge >= 0.3 is 103 Å². The monoisotopic (exact) mass is 574 g/mol. The van der Waals surface area contributed by atoms with E-state index in [0.29, 0.717) is 12.2 Å². The molecule has 0 atom stereocenters. The maximum Gasteiger partial charge on any atom is 1.00 e. The molecule has 0 amide bonds. The molecule has 11 heteroatoms. The van der Waals surface area contributed by atoms with E-state index in [1.54, 1.807) is 30.3 Å². The standard InChI is InChI=1S/C24H34O7S2.2K/c1-2-3-4-5-6-7-8-9-10-14-17-21-22(31-20-15-12-11-13-16-20)18-19-23(32(25,26)27)24(21)33(28,29)30;;/h11-13,15-16,18-19H,2-10,14,17H2,1H3,(H,25,26,27)(H,28,29,30);;/q;2*+1/p-2. The second kappa shape index (κ2) is 18.6. The second-order valence-electron chi connectivity index (χ2n) is 8.12. The molecule has 0 fully saturated rings. The number of benzene rings is 2. The molecular weight excluding hydrogens is 543 g/mol. The third kappa shape index (κ3) is 13.3. The predicted octanol–water partition coefficient (Wildman–Crippen LogP) is -0.241. The molecule has 0 spiro atoms. The molecule has 0 aromatic heterocycles. The molecule has 0 unspecified atom stereocenters. The summed E-state index contributed by atoms with van der Waals surface area (Å²) in [6.45, 7) is 2.18. The number of rotatable bonds is 15. The van der Waals surface area contributed by atoms with Gasteiger partial charge in [0, 0.05) is 5.56 Å². The topological polar surface area (TPSA) is 124 Å². The Hall–Kier alpha value is 1.33. The minimum atomic E-state index is -5.23. The average Bonchev–Trinajstić information content (AvgIpc) is 2.74. The fourth-order valence-corrected chi connectivity index (χ4v) is 5.81. The van der Waals surface area contributed by atoms with Crippen LogP contribution in [0, 0.1) is 0 Å². The molecule has 0 heterocycles. The molecular formula is C24H32K2O7S2. The van der Waals surface area contributed by atoms with Crippen molar-refractivity contribution in [2.24, 2.45) is 0 Å². The van der Waals surface area contributed by atoms with Gasteiger partial charge in [-0.15, -0.1) is 0 Å². The summed E-state index contributed by atoms with van der Waals surface area (Å²) in [5, 5.41) is 0. The maximum atomic E-state index is 12.0. The van der Waals surface area contributed by atoms with E-state index in [2.05, 4.69) is 6.92 Å². The fourth-order valence-electron chi connectivity index (χ4n) is 3.80. The summed E-state index contributed by atoms with van der Waals surface area (Å²) < 4.78 is 76.7. The van der Waals surface area contributed by atoms with Crippen LogP contribution in [0.25, 0.3) is 0 Å². The van der Waals surface area contributed by atoms with Crippen molar-refractivity contribution in [2.75, 3.05) is 0 Å². The summed E-state index contributed by atoms with van der Waals surface area (Å²) in [6.07, 6.45) is 10.7. The van der Waals surface area contributed by atoms with Gasteiger partial charge in [-0.3, -0.25) is 0 Å².